The molecule has 1 aromatic heterocycles. The summed E-state index contributed by atoms with van der Waals surface area (Å²) in [5.41, 5.74) is 5.42. The molecule has 14 heavy (non-hydrogen) atoms. The Morgan fingerprint density at radius 3 is 3.14 bits per heavy atom. The molecule has 1 aliphatic rings. The molecule has 1 aromatic rings. The van der Waals surface area contributed by atoms with Crippen molar-refractivity contribution < 1.29 is 9.15 Å². The van der Waals surface area contributed by atoms with Gasteiger partial charge >= 0.3 is 0 Å². The summed E-state index contributed by atoms with van der Waals surface area (Å²) >= 11 is 0. The molecule has 4 heteroatoms. The fraction of sp³-hybridized carbons (Fsp3) is 0.700. The molecular weight excluding hydrogens is 180 g/mol. The Hall–Kier alpha value is -0.870. The lowest BCUT2D eigenvalue weighted by Crippen LogP contribution is -2.10. The van der Waals surface area contributed by atoms with Crippen molar-refractivity contribution in [3.63, 3.8) is 0 Å². The van der Waals surface area contributed by atoms with Gasteiger partial charge in [0, 0.05) is 19.6 Å². The van der Waals surface area contributed by atoms with Gasteiger partial charge in [-0.25, -0.2) is 4.98 Å². The zero-order chi connectivity index (χ0) is 9.80. The number of oxazole rings is 1. The van der Waals surface area contributed by atoms with Crippen LogP contribution in [0.25, 0.3) is 0 Å². The monoisotopic (exact) mass is 196 g/mol. The van der Waals surface area contributed by atoms with Crippen LogP contribution in [-0.2, 0) is 11.2 Å². The average Bonchev–Trinajstić information content (AvgIpc) is 2.68. The molecule has 0 radical (unpaired) electrons. The quantitative estimate of drug-likeness (QED) is 0.794. The van der Waals surface area contributed by atoms with Gasteiger partial charge in [0.15, 0.2) is 11.7 Å². The molecule has 2 N–H and O–H groups in total. The van der Waals surface area contributed by atoms with Gasteiger partial charge in [0.05, 0.1) is 6.20 Å². The summed E-state index contributed by atoms with van der Waals surface area (Å²) in [5, 5.41) is 0. The van der Waals surface area contributed by atoms with Crippen molar-refractivity contribution in [3.05, 3.63) is 17.8 Å². The Bertz CT molecular complexity index is 279. The predicted octanol–water partition coefficient (Wildman–Crippen LogP) is 1.42. The molecule has 1 unspecified atom stereocenters. The van der Waals surface area contributed by atoms with E-state index in [1.54, 1.807) is 6.20 Å². The molecule has 0 amide bonds. The first-order chi connectivity index (χ1) is 6.90. The molecule has 0 aromatic carbocycles. The second-order valence-electron chi connectivity index (χ2n) is 3.55. The molecule has 1 saturated heterocycles. The third-order valence-corrected chi connectivity index (χ3v) is 2.43. The number of aromatic nitrogens is 1. The highest BCUT2D eigenvalue weighted by molar-refractivity contribution is 4.99. The summed E-state index contributed by atoms with van der Waals surface area (Å²) in [6, 6.07) is 0. The number of ether oxygens (including phenoxy) is 1. The third-order valence-electron chi connectivity index (χ3n) is 2.43. The van der Waals surface area contributed by atoms with Crippen LogP contribution in [0, 0.1) is 0 Å². The summed E-state index contributed by atoms with van der Waals surface area (Å²) in [7, 11) is 0. The minimum atomic E-state index is 0.114. The van der Waals surface area contributed by atoms with E-state index in [0.29, 0.717) is 13.0 Å². The topological polar surface area (TPSA) is 61.3 Å². The van der Waals surface area contributed by atoms with Crippen molar-refractivity contribution in [2.75, 3.05) is 13.2 Å². The summed E-state index contributed by atoms with van der Waals surface area (Å²) in [6.07, 6.45) is 5.98. The third kappa shape index (κ3) is 2.13. The number of rotatable bonds is 3. The standard InChI is InChI=1S/C10H16N2O2/c11-5-4-10-12-7-9(14-10)8-3-1-2-6-13-8/h7-8H,1-6,11H2. The van der Waals surface area contributed by atoms with Crippen LogP contribution in [0.4, 0.5) is 0 Å². The zero-order valence-electron chi connectivity index (χ0n) is 8.24. The van der Waals surface area contributed by atoms with E-state index in [-0.39, 0.29) is 6.10 Å². The van der Waals surface area contributed by atoms with Gasteiger partial charge in [-0.2, -0.15) is 0 Å². The Kier molecular flexibility index (Phi) is 3.16. The first-order valence-electron chi connectivity index (χ1n) is 5.16. The highest BCUT2D eigenvalue weighted by atomic mass is 16.5. The van der Waals surface area contributed by atoms with Crippen molar-refractivity contribution in [3.8, 4) is 0 Å². The van der Waals surface area contributed by atoms with E-state index in [9.17, 15) is 0 Å². The lowest BCUT2D eigenvalue weighted by Gasteiger charge is -2.19. The van der Waals surface area contributed by atoms with E-state index in [4.69, 9.17) is 14.9 Å². The molecule has 0 aliphatic carbocycles. The molecule has 0 spiro atoms. The van der Waals surface area contributed by atoms with Gasteiger partial charge in [0.2, 0.25) is 0 Å². The predicted molar refractivity (Wildman–Crippen MR) is 51.8 cm³/mol. The number of hydrogen-bond donors (Lipinski definition) is 1. The van der Waals surface area contributed by atoms with Gasteiger partial charge in [0.25, 0.3) is 0 Å². The van der Waals surface area contributed by atoms with E-state index in [1.807, 2.05) is 0 Å². The van der Waals surface area contributed by atoms with Crippen molar-refractivity contribution in [2.45, 2.75) is 31.8 Å². The van der Waals surface area contributed by atoms with Gasteiger partial charge in [0.1, 0.15) is 6.10 Å². The van der Waals surface area contributed by atoms with Gasteiger partial charge < -0.3 is 14.9 Å². The highest BCUT2D eigenvalue weighted by Crippen LogP contribution is 2.27. The van der Waals surface area contributed by atoms with E-state index in [0.717, 1.165) is 31.1 Å². The van der Waals surface area contributed by atoms with Crippen LogP contribution in [0.2, 0.25) is 0 Å². The molecule has 0 saturated carbocycles. The van der Waals surface area contributed by atoms with Crippen LogP contribution in [0.1, 0.15) is 37.0 Å². The largest absolute Gasteiger partial charge is 0.443 e. The van der Waals surface area contributed by atoms with E-state index in [2.05, 4.69) is 4.98 Å². The second kappa shape index (κ2) is 4.57. The van der Waals surface area contributed by atoms with Crippen LogP contribution < -0.4 is 5.73 Å². The molecule has 2 rings (SSSR count). The smallest absolute Gasteiger partial charge is 0.195 e. The molecular formula is C10H16N2O2. The fourth-order valence-electron chi connectivity index (χ4n) is 1.68. The number of nitrogens with zero attached hydrogens (tertiary/aromatic N) is 1. The lowest BCUT2D eigenvalue weighted by atomic mass is 10.1. The number of nitrogens with two attached hydrogens (primary N) is 1. The van der Waals surface area contributed by atoms with Crippen LogP contribution in [0.3, 0.4) is 0 Å². The fourth-order valence-corrected chi connectivity index (χ4v) is 1.68. The summed E-state index contributed by atoms with van der Waals surface area (Å²) in [6.45, 7) is 1.41. The van der Waals surface area contributed by atoms with Crippen molar-refractivity contribution in [1.29, 1.82) is 0 Å². The first kappa shape index (κ1) is 9.68. The van der Waals surface area contributed by atoms with Crippen molar-refractivity contribution in [2.24, 2.45) is 5.73 Å². The maximum absolute atomic E-state index is 5.59. The van der Waals surface area contributed by atoms with Crippen molar-refractivity contribution in [1.82, 2.24) is 4.98 Å². The second-order valence-corrected chi connectivity index (χ2v) is 3.55. The molecule has 0 bridgehead atoms. The summed E-state index contributed by atoms with van der Waals surface area (Å²) < 4.78 is 11.1. The molecule has 1 aliphatic heterocycles. The van der Waals surface area contributed by atoms with E-state index >= 15 is 0 Å². The van der Waals surface area contributed by atoms with Gasteiger partial charge in [-0.1, -0.05) is 0 Å². The molecule has 78 valence electrons. The van der Waals surface area contributed by atoms with E-state index in [1.165, 1.54) is 6.42 Å². The molecule has 2 heterocycles. The maximum Gasteiger partial charge on any atom is 0.195 e. The Balaban J connectivity index is 2.00. The molecule has 1 atom stereocenters. The van der Waals surface area contributed by atoms with Crippen LogP contribution >= 0.6 is 0 Å². The minimum absolute atomic E-state index is 0.114. The average molecular weight is 196 g/mol. The molecule has 4 nitrogen and oxygen atoms in total. The maximum atomic E-state index is 5.59. The lowest BCUT2D eigenvalue weighted by molar-refractivity contribution is 0.00130. The van der Waals surface area contributed by atoms with Gasteiger partial charge in [-0.3, -0.25) is 0 Å². The van der Waals surface area contributed by atoms with Crippen LogP contribution in [0.5, 0.6) is 0 Å². The zero-order valence-corrected chi connectivity index (χ0v) is 8.24. The highest BCUT2D eigenvalue weighted by Gasteiger charge is 2.19. The first-order valence-corrected chi connectivity index (χ1v) is 5.16. The number of hydrogen-bond acceptors (Lipinski definition) is 4. The summed E-state index contributed by atoms with van der Waals surface area (Å²) in [4.78, 5) is 4.15. The normalized spacial score (nSPS) is 22.5. The van der Waals surface area contributed by atoms with E-state index < -0.39 is 0 Å². The van der Waals surface area contributed by atoms with Crippen molar-refractivity contribution >= 4 is 0 Å². The van der Waals surface area contributed by atoms with Crippen LogP contribution in [0.15, 0.2) is 10.6 Å². The minimum Gasteiger partial charge on any atom is -0.443 e. The summed E-state index contributed by atoms with van der Waals surface area (Å²) in [5.74, 6) is 1.57. The van der Waals surface area contributed by atoms with Gasteiger partial charge in [-0.05, 0) is 19.3 Å². The Morgan fingerprint density at radius 2 is 2.43 bits per heavy atom. The van der Waals surface area contributed by atoms with Crippen LogP contribution in [-0.4, -0.2) is 18.1 Å². The Labute approximate surface area is 83.4 Å². The molecule has 1 fully saturated rings. The van der Waals surface area contributed by atoms with Gasteiger partial charge in [-0.15, -0.1) is 0 Å². The Morgan fingerprint density at radius 1 is 1.50 bits per heavy atom. The SMILES string of the molecule is NCCc1ncc(C2CCCCO2)o1.